The van der Waals surface area contributed by atoms with E-state index in [2.05, 4.69) is 45.5 Å². The Morgan fingerprint density at radius 3 is 1.32 bits per heavy atom. The number of hydrogen-bond acceptors (Lipinski definition) is 2. The highest BCUT2D eigenvalue weighted by Gasteiger charge is 2.26. The van der Waals surface area contributed by atoms with Crippen molar-refractivity contribution in [3.63, 3.8) is 0 Å². The Morgan fingerprint density at radius 2 is 0.912 bits per heavy atom. The van der Waals surface area contributed by atoms with Crippen LogP contribution in [0.3, 0.4) is 0 Å². The molecule has 0 saturated heterocycles. The quantitative estimate of drug-likeness (QED) is 0.297. The number of para-hydroxylation sites is 2. The molecule has 2 aliphatic carbocycles. The summed E-state index contributed by atoms with van der Waals surface area (Å²) in [6.45, 7) is 4.02. The third-order valence-corrected chi connectivity index (χ3v) is 7.12. The lowest BCUT2D eigenvalue weighted by atomic mass is 9.83. The molecule has 0 radical (unpaired) electrons. The summed E-state index contributed by atoms with van der Waals surface area (Å²) in [6.07, 6.45) is 0. The van der Waals surface area contributed by atoms with E-state index >= 15 is 0 Å². The molecule has 2 aliphatic heterocycles. The highest BCUT2D eigenvalue weighted by atomic mass is 16.1. The number of aromatic nitrogens is 2. The van der Waals surface area contributed by atoms with Gasteiger partial charge in [-0.15, -0.1) is 0 Å². The Labute approximate surface area is 197 Å². The Kier molecular flexibility index (Phi) is 4.30. The van der Waals surface area contributed by atoms with Crippen LogP contribution in [0, 0.1) is 13.8 Å². The molecule has 0 amide bonds. The molecule has 0 unspecified atom stereocenters. The third-order valence-electron chi connectivity index (χ3n) is 7.12. The molecule has 0 atom stereocenters. The Bertz CT molecular complexity index is 1700. The van der Waals surface area contributed by atoms with Crippen molar-refractivity contribution in [2.24, 2.45) is 14.1 Å². The molecule has 4 nitrogen and oxygen atoms in total. The van der Waals surface area contributed by atoms with E-state index in [9.17, 15) is 9.59 Å². The van der Waals surface area contributed by atoms with E-state index in [1.807, 2.05) is 40.1 Å². The minimum Gasteiger partial charge on any atom is -0.343 e. The number of nitrogens with zero attached hydrogens (tertiary/aromatic N) is 2. The molecule has 34 heavy (non-hydrogen) atoms. The van der Waals surface area contributed by atoms with Gasteiger partial charge in [-0.1, -0.05) is 36.4 Å². The van der Waals surface area contributed by atoms with Gasteiger partial charge >= 0.3 is 0 Å². The molecule has 0 N–H and O–H groups in total. The lowest BCUT2D eigenvalue weighted by Gasteiger charge is -2.27. The van der Waals surface area contributed by atoms with Gasteiger partial charge in [0.1, 0.15) is 0 Å². The highest BCUT2D eigenvalue weighted by Crippen LogP contribution is 2.48. The minimum atomic E-state index is 0.00295. The largest absolute Gasteiger partial charge is 0.343 e. The lowest BCUT2D eigenvalue weighted by Crippen LogP contribution is -2.13. The van der Waals surface area contributed by atoms with E-state index in [1.165, 1.54) is 0 Å². The smallest absolute Gasteiger partial charge is 0.181 e. The fourth-order valence-electron chi connectivity index (χ4n) is 5.66. The molecule has 0 saturated carbocycles. The summed E-state index contributed by atoms with van der Waals surface area (Å²) >= 11 is 0. The standard InChI is InChI=1S/C30H24N2O2/c1-17-13-19(33)15-25-27(17)29(21-9-5-7-11-23(21)31(25)3)30-22-10-6-8-12-24(22)32(4)26-16-20(34)14-18(2)28(26)30/h5-16H,1-4H3. The van der Waals surface area contributed by atoms with Crippen LogP contribution in [-0.4, -0.2) is 9.13 Å². The zero-order valence-electron chi connectivity index (χ0n) is 19.6. The minimum absolute atomic E-state index is 0.00295. The summed E-state index contributed by atoms with van der Waals surface area (Å²) in [5, 5.41) is 2.23. The first-order chi connectivity index (χ1) is 16.4. The molecule has 0 aromatic heterocycles. The van der Waals surface area contributed by atoms with Crippen molar-refractivity contribution in [1.82, 2.24) is 9.13 Å². The number of fused-ring (bicyclic) bond motifs is 4. The van der Waals surface area contributed by atoms with Crippen molar-refractivity contribution in [1.29, 1.82) is 0 Å². The van der Waals surface area contributed by atoms with Gasteiger partial charge in [0.25, 0.3) is 0 Å². The maximum Gasteiger partial charge on any atom is 0.181 e. The normalized spacial score (nSPS) is 11.8. The molecule has 0 fully saturated rings. The second-order valence-electron chi connectivity index (χ2n) is 9.17. The Hall–Kier alpha value is -4.18. The van der Waals surface area contributed by atoms with Crippen molar-refractivity contribution >= 4 is 21.8 Å². The molecule has 0 bridgehead atoms. The van der Waals surface area contributed by atoms with Crippen LogP contribution in [0.4, 0.5) is 0 Å². The molecule has 6 rings (SSSR count). The molecule has 4 aliphatic rings. The average Bonchev–Trinajstić information content (AvgIpc) is 2.81. The summed E-state index contributed by atoms with van der Waals surface area (Å²) in [4.78, 5) is 25.1. The van der Waals surface area contributed by atoms with Gasteiger partial charge in [-0.2, -0.15) is 0 Å². The van der Waals surface area contributed by atoms with Gasteiger partial charge in [0, 0.05) is 70.3 Å². The van der Waals surface area contributed by atoms with Gasteiger partial charge in [-0.05, 0) is 49.2 Å². The number of rotatable bonds is 1. The van der Waals surface area contributed by atoms with E-state index in [1.54, 1.807) is 24.3 Å². The maximum absolute atomic E-state index is 12.5. The third kappa shape index (κ3) is 2.72. The van der Waals surface area contributed by atoms with E-state index in [0.717, 1.165) is 66.6 Å². The van der Waals surface area contributed by atoms with Gasteiger partial charge in [0.05, 0.1) is 11.4 Å². The average molecular weight is 445 g/mol. The molecular formula is C30H24N2O2. The molecule has 0 spiro atoms. The van der Waals surface area contributed by atoms with Crippen LogP contribution in [-0.2, 0) is 14.1 Å². The molecule has 2 heterocycles. The van der Waals surface area contributed by atoms with Crippen LogP contribution in [0.2, 0.25) is 0 Å². The topological polar surface area (TPSA) is 44.0 Å². The van der Waals surface area contributed by atoms with Gasteiger partial charge < -0.3 is 9.13 Å². The van der Waals surface area contributed by atoms with Crippen molar-refractivity contribution in [3.05, 3.63) is 104 Å². The number of hydrogen-bond donors (Lipinski definition) is 0. The van der Waals surface area contributed by atoms with Gasteiger partial charge in [-0.25, -0.2) is 0 Å². The fraction of sp³-hybridized carbons (Fsp3) is 0.133. The number of aryl methyl sites for hydroxylation is 4. The van der Waals surface area contributed by atoms with Crippen LogP contribution in [0.15, 0.2) is 82.4 Å². The second kappa shape index (κ2) is 7.16. The number of benzene rings is 4. The van der Waals surface area contributed by atoms with Gasteiger partial charge in [0.15, 0.2) is 10.9 Å². The maximum atomic E-state index is 12.5. The predicted octanol–water partition coefficient (Wildman–Crippen LogP) is 5.88. The van der Waals surface area contributed by atoms with Crippen LogP contribution in [0.5, 0.6) is 0 Å². The Morgan fingerprint density at radius 1 is 0.529 bits per heavy atom. The van der Waals surface area contributed by atoms with Gasteiger partial charge in [0.2, 0.25) is 0 Å². The van der Waals surface area contributed by atoms with Crippen LogP contribution in [0.1, 0.15) is 11.1 Å². The van der Waals surface area contributed by atoms with E-state index in [0.29, 0.717) is 0 Å². The molecule has 2 aromatic rings. The van der Waals surface area contributed by atoms with Crippen molar-refractivity contribution < 1.29 is 0 Å². The zero-order chi connectivity index (χ0) is 23.7. The fourth-order valence-corrected chi connectivity index (χ4v) is 5.66. The predicted molar refractivity (Wildman–Crippen MR) is 140 cm³/mol. The highest BCUT2D eigenvalue weighted by molar-refractivity contribution is 6.15. The van der Waals surface area contributed by atoms with Crippen LogP contribution >= 0.6 is 0 Å². The van der Waals surface area contributed by atoms with Crippen molar-refractivity contribution in [2.75, 3.05) is 0 Å². The van der Waals surface area contributed by atoms with Crippen molar-refractivity contribution in [2.45, 2.75) is 13.8 Å². The summed E-state index contributed by atoms with van der Waals surface area (Å²) in [5.41, 5.74) is 10.1. The van der Waals surface area contributed by atoms with E-state index < -0.39 is 0 Å². The van der Waals surface area contributed by atoms with Crippen molar-refractivity contribution in [3.8, 4) is 33.6 Å². The second-order valence-corrected chi connectivity index (χ2v) is 9.17. The monoisotopic (exact) mass is 444 g/mol. The van der Waals surface area contributed by atoms with Crippen LogP contribution < -0.4 is 10.9 Å². The Balaban J connectivity index is 2.00. The van der Waals surface area contributed by atoms with Gasteiger partial charge in [-0.3, -0.25) is 9.59 Å². The molecule has 4 heteroatoms. The summed E-state index contributed by atoms with van der Waals surface area (Å²) in [7, 11) is 4.03. The molecular weight excluding hydrogens is 420 g/mol. The zero-order valence-corrected chi connectivity index (χ0v) is 19.6. The molecule has 2 aromatic carbocycles. The summed E-state index contributed by atoms with van der Waals surface area (Å²) < 4.78 is 4.22. The summed E-state index contributed by atoms with van der Waals surface area (Å²) in [6, 6.07) is 23.6. The first-order valence-corrected chi connectivity index (χ1v) is 11.4. The van der Waals surface area contributed by atoms with E-state index in [-0.39, 0.29) is 10.9 Å². The number of pyridine rings is 2. The first kappa shape index (κ1) is 20.4. The lowest BCUT2D eigenvalue weighted by molar-refractivity contribution is 0.954. The summed E-state index contributed by atoms with van der Waals surface area (Å²) in [5.74, 6) is 0. The molecule has 166 valence electrons. The first-order valence-electron chi connectivity index (χ1n) is 11.4. The van der Waals surface area contributed by atoms with E-state index in [4.69, 9.17) is 0 Å². The SMILES string of the molecule is Cc1cc(=O)cc2n(C)c3ccccc3c(-c3c4c(C)cc(=O)cc-4n(C)c4ccccc34)c1-2. The van der Waals surface area contributed by atoms with Crippen LogP contribution in [0.25, 0.3) is 55.4 Å².